The molecule has 0 atom stereocenters. The van der Waals surface area contributed by atoms with Gasteiger partial charge in [-0.3, -0.25) is 9.59 Å². The number of halogens is 6. The van der Waals surface area contributed by atoms with Crippen molar-refractivity contribution in [3.63, 3.8) is 0 Å². The molecule has 0 aromatic heterocycles. The molecule has 0 bridgehead atoms. The van der Waals surface area contributed by atoms with Gasteiger partial charge in [0.2, 0.25) is 0 Å². The second-order valence-corrected chi connectivity index (χ2v) is 5.57. The minimum Gasteiger partial charge on any atom is -0.461 e. The summed E-state index contributed by atoms with van der Waals surface area (Å²) in [7, 11) is 0. The summed E-state index contributed by atoms with van der Waals surface area (Å²) < 4.78 is 87.1. The molecule has 0 spiro atoms. The summed E-state index contributed by atoms with van der Waals surface area (Å²) in [4.78, 5) is 23.1. The minimum absolute atomic E-state index is 0.132. The SMILES string of the molecule is O=C(CCC(=O)OCc1cc(F)c(F)c(F)c1)OCc1cc(F)c(F)c(F)c1. The first-order valence-electron chi connectivity index (χ1n) is 7.75. The zero-order valence-corrected chi connectivity index (χ0v) is 14.0. The van der Waals surface area contributed by atoms with Crippen molar-refractivity contribution in [1.29, 1.82) is 0 Å². The van der Waals surface area contributed by atoms with E-state index in [2.05, 4.69) is 0 Å². The molecule has 0 saturated heterocycles. The van der Waals surface area contributed by atoms with Crippen LogP contribution in [-0.2, 0) is 32.3 Å². The van der Waals surface area contributed by atoms with Gasteiger partial charge >= 0.3 is 11.9 Å². The summed E-state index contributed by atoms with van der Waals surface area (Å²) in [6.45, 7) is -1.09. The molecule has 0 aliphatic heterocycles. The molecule has 150 valence electrons. The second-order valence-electron chi connectivity index (χ2n) is 5.57. The molecule has 0 aliphatic carbocycles. The highest BCUT2D eigenvalue weighted by Crippen LogP contribution is 2.16. The third-order valence-corrected chi connectivity index (χ3v) is 3.42. The van der Waals surface area contributed by atoms with Crippen molar-refractivity contribution in [3.05, 3.63) is 70.3 Å². The van der Waals surface area contributed by atoms with E-state index in [0.717, 1.165) is 0 Å². The van der Waals surface area contributed by atoms with Crippen LogP contribution in [0.25, 0.3) is 0 Å². The predicted octanol–water partition coefficient (Wildman–Crippen LogP) is 4.09. The topological polar surface area (TPSA) is 52.6 Å². The first-order chi connectivity index (χ1) is 13.2. The average molecular weight is 406 g/mol. The van der Waals surface area contributed by atoms with Gasteiger partial charge in [0.25, 0.3) is 0 Å². The van der Waals surface area contributed by atoms with Gasteiger partial charge in [-0.25, -0.2) is 26.3 Å². The zero-order valence-electron chi connectivity index (χ0n) is 14.0. The van der Waals surface area contributed by atoms with Gasteiger partial charge < -0.3 is 9.47 Å². The van der Waals surface area contributed by atoms with Crippen LogP contribution in [0.1, 0.15) is 24.0 Å². The van der Waals surface area contributed by atoms with Crippen LogP contribution in [0.15, 0.2) is 24.3 Å². The molecule has 2 rings (SSSR count). The Balaban J connectivity index is 1.76. The van der Waals surface area contributed by atoms with Crippen LogP contribution in [0.3, 0.4) is 0 Å². The maximum Gasteiger partial charge on any atom is 0.306 e. The lowest BCUT2D eigenvalue weighted by Gasteiger charge is -2.07. The molecule has 0 radical (unpaired) electrons. The Morgan fingerprint density at radius 1 is 0.607 bits per heavy atom. The van der Waals surface area contributed by atoms with E-state index in [1.54, 1.807) is 0 Å². The Kier molecular flexibility index (Phi) is 7.02. The van der Waals surface area contributed by atoms with E-state index in [0.29, 0.717) is 24.3 Å². The summed E-state index contributed by atoms with van der Waals surface area (Å²) in [5.74, 6) is -10.9. The quantitative estimate of drug-likeness (QED) is 0.395. The molecule has 0 N–H and O–H groups in total. The summed E-state index contributed by atoms with van der Waals surface area (Å²) in [6, 6.07) is 2.61. The number of esters is 2. The number of hydrogen-bond acceptors (Lipinski definition) is 4. The van der Waals surface area contributed by atoms with E-state index in [1.165, 1.54) is 0 Å². The lowest BCUT2D eigenvalue weighted by atomic mass is 10.2. The fraction of sp³-hybridized carbons (Fsp3) is 0.222. The van der Waals surface area contributed by atoms with E-state index in [1.807, 2.05) is 0 Å². The fourth-order valence-corrected chi connectivity index (χ4v) is 2.06. The summed E-state index contributed by atoms with van der Waals surface area (Å²) >= 11 is 0. The molecule has 10 heteroatoms. The number of ether oxygens (including phenoxy) is 2. The lowest BCUT2D eigenvalue weighted by Crippen LogP contribution is -2.11. The number of hydrogen-bond donors (Lipinski definition) is 0. The summed E-state index contributed by atoms with van der Waals surface area (Å²) in [5.41, 5.74) is -0.264. The van der Waals surface area contributed by atoms with Crippen molar-refractivity contribution in [2.24, 2.45) is 0 Å². The van der Waals surface area contributed by atoms with E-state index >= 15 is 0 Å². The Morgan fingerprint density at radius 2 is 0.893 bits per heavy atom. The summed E-state index contributed by atoms with van der Waals surface area (Å²) in [6.07, 6.45) is -0.895. The molecule has 28 heavy (non-hydrogen) atoms. The van der Waals surface area contributed by atoms with Crippen molar-refractivity contribution < 1.29 is 45.4 Å². The molecule has 2 aromatic carbocycles. The molecule has 0 aliphatic rings. The first kappa shape index (κ1) is 21.3. The third-order valence-electron chi connectivity index (χ3n) is 3.42. The Morgan fingerprint density at radius 3 is 1.18 bits per heavy atom. The van der Waals surface area contributed by atoms with Crippen molar-refractivity contribution in [2.75, 3.05) is 0 Å². The van der Waals surface area contributed by atoms with Crippen LogP contribution in [0.5, 0.6) is 0 Å². The van der Waals surface area contributed by atoms with E-state index in [4.69, 9.17) is 9.47 Å². The lowest BCUT2D eigenvalue weighted by molar-refractivity contribution is -0.151. The molecule has 0 fully saturated rings. The smallest absolute Gasteiger partial charge is 0.306 e. The Hall–Kier alpha value is -3.04. The van der Waals surface area contributed by atoms with Gasteiger partial charge in [-0.15, -0.1) is 0 Å². The largest absolute Gasteiger partial charge is 0.461 e. The number of carbonyl (C=O) groups is 2. The number of rotatable bonds is 7. The average Bonchev–Trinajstić information content (AvgIpc) is 2.65. The third kappa shape index (κ3) is 5.73. The first-order valence-corrected chi connectivity index (χ1v) is 7.75. The van der Waals surface area contributed by atoms with Crippen LogP contribution in [-0.4, -0.2) is 11.9 Å². The second kappa shape index (κ2) is 9.25. The van der Waals surface area contributed by atoms with Crippen LogP contribution >= 0.6 is 0 Å². The van der Waals surface area contributed by atoms with Gasteiger partial charge in [0, 0.05) is 0 Å². The van der Waals surface area contributed by atoms with Gasteiger partial charge in [-0.2, -0.15) is 0 Å². The Bertz CT molecular complexity index is 780. The molecular formula is C18H12F6O4. The van der Waals surface area contributed by atoms with Crippen molar-refractivity contribution in [1.82, 2.24) is 0 Å². The van der Waals surface area contributed by atoms with Crippen molar-refractivity contribution in [2.45, 2.75) is 26.1 Å². The van der Waals surface area contributed by atoms with Crippen molar-refractivity contribution >= 4 is 11.9 Å². The fourth-order valence-electron chi connectivity index (χ4n) is 2.06. The predicted molar refractivity (Wildman–Crippen MR) is 81.5 cm³/mol. The van der Waals surface area contributed by atoms with Gasteiger partial charge in [-0.1, -0.05) is 0 Å². The monoisotopic (exact) mass is 406 g/mol. The van der Waals surface area contributed by atoms with Crippen molar-refractivity contribution in [3.8, 4) is 0 Å². The maximum atomic E-state index is 13.0. The normalized spacial score (nSPS) is 10.6. The van der Waals surface area contributed by atoms with Crippen LogP contribution in [0.2, 0.25) is 0 Å². The molecule has 0 saturated carbocycles. The number of benzene rings is 2. The molecule has 4 nitrogen and oxygen atoms in total. The number of carbonyl (C=O) groups excluding carboxylic acids is 2. The van der Waals surface area contributed by atoms with Gasteiger partial charge in [0.1, 0.15) is 13.2 Å². The molecular weight excluding hydrogens is 394 g/mol. The van der Waals surface area contributed by atoms with E-state index in [9.17, 15) is 35.9 Å². The standard InChI is InChI=1S/C18H12F6O4/c19-11-3-9(4-12(20)17(11)23)7-27-15(25)1-2-16(26)28-8-10-5-13(21)18(24)14(22)6-10/h3-6H,1-2,7-8H2. The Labute approximate surface area is 154 Å². The van der Waals surface area contributed by atoms with E-state index in [-0.39, 0.29) is 11.1 Å². The highest BCUT2D eigenvalue weighted by molar-refractivity contribution is 5.77. The maximum absolute atomic E-state index is 13.0. The van der Waals surface area contributed by atoms with Gasteiger partial charge in [0.15, 0.2) is 34.9 Å². The van der Waals surface area contributed by atoms with Gasteiger partial charge in [-0.05, 0) is 35.4 Å². The summed E-state index contributed by atoms with van der Waals surface area (Å²) in [5, 5.41) is 0. The van der Waals surface area contributed by atoms with Crippen LogP contribution < -0.4 is 0 Å². The van der Waals surface area contributed by atoms with Crippen LogP contribution in [0, 0.1) is 34.9 Å². The van der Waals surface area contributed by atoms with Crippen LogP contribution in [0.4, 0.5) is 26.3 Å². The van der Waals surface area contributed by atoms with Gasteiger partial charge in [0.05, 0.1) is 12.8 Å². The molecule has 0 unspecified atom stereocenters. The molecule has 0 heterocycles. The highest BCUT2D eigenvalue weighted by Gasteiger charge is 2.14. The van der Waals surface area contributed by atoms with E-state index < -0.39 is 72.9 Å². The molecule has 2 aromatic rings. The zero-order chi connectivity index (χ0) is 20.8. The molecule has 0 amide bonds. The minimum atomic E-state index is -1.65. The highest BCUT2D eigenvalue weighted by atomic mass is 19.2.